The number of pyridine rings is 1. The molecule has 1 aliphatic carbocycles. The highest BCUT2D eigenvalue weighted by atomic mass is 79.9. The van der Waals surface area contributed by atoms with Crippen molar-refractivity contribution >= 4 is 21.8 Å². The van der Waals surface area contributed by atoms with Crippen molar-refractivity contribution in [3.63, 3.8) is 0 Å². The van der Waals surface area contributed by atoms with Crippen molar-refractivity contribution in [2.45, 2.75) is 51.0 Å². The summed E-state index contributed by atoms with van der Waals surface area (Å²) in [6.45, 7) is 1.55. The van der Waals surface area contributed by atoms with Crippen molar-refractivity contribution in [1.29, 1.82) is 0 Å². The third kappa shape index (κ3) is 4.23. The number of hydrogen-bond acceptors (Lipinski definition) is 5. The fourth-order valence-electron chi connectivity index (χ4n) is 3.95. The average molecular weight is 433 g/mol. The first-order valence-corrected chi connectivity index (χ1v) is 10.3. The first kappa shape index (κ1) is 18.6. The van der Waals surface area contributed by atoms with Crippen molar-refractivity contribution < 1.29 is 5.11 Å². The molecule has 1 saturated carbocycles. The summed E-state index contributed by atoms with van der Waals surface area (Å²) in [5, 5.41) is 16.9. The van der Waals surface area contributed by atoms with E-state index in [9.17, 15) is 5.11 Å². The normalized spacial score (nSPS) is 26.6. The largest absolute Gasteiger partial charge is 0.396 e. The molecule has 2 unspecified atom stereocenters. The van der Waals surface area contributed by atoms with Gasteiger partial charge in [0, 0.05) is 25.0 Å². The van der Waals surface area contributed by atoms with Gasteiger partial charge in [-0.25, -0.2) is 4.98 Å². The van der Waals surface area contributed by atoms with E-state index >= 15 is 0 Å². The number of aliphatic hydroxyl groups excluding tert-OH is 1. The Hall–Kier alpha value is -1.77. The number of aromatic nitrogens is 3. The lowest BCUT2D eigenvalue weighted by atomic mass is 9.85. The molecule has 0 saturated heterocycles. The van der Waals surface area contributed by atoms with E-state index in [4.69, 9.17) is 4.99 Å². The van der Waals surface area contributed by atoms with E-state index in [-0.39, 0.29) is 12.8 Å². The van der Waals surface area contributed by atoms with Crippen LogP contribution in [0.2, 0.25) is 0 Å². The molecule has 27 heavy (non-hydrogen) atoms. The third-order valence-corrected chi connectivity index (χ3v) is 6.03. The molecule has 0 radical (unpaired) electrons. The number of fused-ring (bicyclic) bond motifs is 1. The molecular formula is C19H25BrN6O. The molecule has 0 aromatic carbocycles. The van der Waals surface area contributed by atoms with Gasteiger partial charge in [0.15, 0.2) is 11.7 Å². The van der Waals surface area contributed by atoms with Crippen LogP contribution in [0.1, 0.15) is 37.1 Å². The van der Waals surface area contributed by atoms with Gasteiger partial charge in [-0.1, -0.05) is 18.9 Å². The van der Waals surface area contributed by atoms with Gasteiger partial charge in [-0.15, -0.1) is 0 Å². The Morgan fingerprint density at radius 3 is 3.04 bits per heavy atom. The first-order chi connectivity index (χ1) is 13.2. The lowest BCUT2D eigenvalue weighted by Crippen LogP contribution is -2.57. The predicted molar refractivity (Wildman–Crippen MR) is 107 cm³/mol. The van der Waals surface area contributed by atoms with E-state index in [2.05, 4.69) is 41.1 Å². The summed E-state index contributed by atoms with van der Waals surface area (Å²) in [6, 6.07) is 4.26. The monoisotopic (exact) mass is 432 g/mol. The Kier molecular flexibility index (Phi) is 5.85. The number of amidine groups is 1. The number of nitrogens with one attached hydrogen (secondary N) is 2. The van der Waals surface area contributed by atoms with Crippen molar-refractivity contribution in [1.82, 2.24) is 25.2 Å². The van der Waals surface area contributed by atoms with Crippen LogP contribution in [0.5, 0.6) is 0 Å². The summed E-state index contributed by atoms with van der Waals surface area (Å²) in [5.41, 5.74) is 1.06. The minimum absolute atomic E-state index is 0.0489. The Balaban J connectivity index is 1.53. The van der Waals surface area contributed by atoms with E-state index in [1.54, 1.807) is 6.20 Å². The summed E-state index contributed by atoms with van der Waals surface area (Å²) >= 11 is 3.59. The van der Waals surface area contributed by atoms with Crippen LogP contribution in [0.4, 0.5) is 0 Å². The molecule has 1 aliphatic heterocycles. The standard InChI is InChI=1S/C19H25BrN6O/c20-16-10-23-19-18(22-9-13-4-3-7-21-8-13)25-17(11-26(16)19)24-15-6-2-1-5-14(15)12-27/h3-4,7-8,10,14-15,17,24,27H,1-2,5-6,9,11-12H2,(H,22,25)/t14-,15?,17?/m1/s1. The van der Waals surface area contributed by atoms with Gasteiger partial charge in [0.2, 0.25) is 0 Å². The van der Waals surface area contributed by atoms with Gasteiger partial charge in [0.1, 0.15) is 4.60 Å². The van der Waals surface area contributed by atoms with E-state index in [0.717, 1.165) is 41.2 Å². The molecule has 3 heterocycles. The molecule has 0 amide bonds. The molecule has 7 nitrogen and oxygen atoms in total. The van der Waals surface area contributed by atoms with Crippen molar-refractivity contribution in [3.05, 3.63) is 46.7 Å². The molecule has 3 N–H and O–H groups in total. The summed E-state index contributed by atoms with van der Waals surface area (Å²) in [5.74, 6) is 1.94. The molecule has 4 rings (SSSR count). The Bertz CT molecular complexity index is 793. The highest BCUT2D eigenvalue weighted by Gasteiger charge is 2.30. The van der Waals surface area contributed by atoms with Gasteiger partial charge in [-0.3, -0.25) is 15.3 Å². The maximum atomic E-state index is 9.71. The second-order valence-corrected chi connectivity index (χ2v) is 8.05. The summed E-state index contributed by atoms with van der Waals surface area (Å²) in [6.07, 6.45) is 10.1. The van der Waals surface area contributed by atoms with E-state index in [1.807, 2.05) is 24.5 Å². The minimum Gasteiger partial charge on any atom is -0.396 e. The zero-order valence-electron chi connectivity index (χ0n) is 15.2. The molecule has 2 aromatic heterocycles. The summed E-state index contributed by atoms with van der Waals surface area (Å²) in [7, 11) is 0. The zero-order chi connectivity index (χ0) is 18.6. The molecule has 3 atom stereocenters. The van der Waals surface area contributed by atoms with Crippen LogP contribution in [0.15, 0.2) is 40.3 Å². The number of aliphatic imine (C=N–C) groups is 1. The van der Waals surface area contributed by atoms with Crippen LogP contribution >= 0.6 is 15.9 Å². The minimum atomic E-state index is 0.0489. The van der Waals surface area contributed by atoms with E-state index in [1.165, 1.54) is 12.8 Å². The molecule has 1 fully saturated rings. The molecule has 0 spiro atoms. The van der Waals surface area contributed by atoms with Gasteiger partial charge in [0.05, 0.1) is 25.5 Å². The lowest BCUT2D eigenvalue weighted by molar-refractivity contribution is 0.141. The molecule has 0 bridgehead atoms. The van der Waals surface area contributed by atoms with E-state index < -0.39 is 0 Å². The smallest absolute Gasteiger partial charge is 0.176 e. The van der Waals surface area contributed by atoms with Gasteiger partial charge in [0.25, 0.3) is 0 Å². The van der Waals surface area contributed by atoms with Crippen molar-refractivity contribution in [2.75, 3.05) is 6.61 Å². The van der Waals surface area contributed by atoms with Crippen LogP contribution in [0, 0.1) is 5.92 Å². The Morgan fingerprint density at radius 1 is 1.33 bits per heavy atom. The number of aliphatic hydroxyl groups is 1. The van der Waals surface area contributed by atoms with Crippen molar-refractivity contribution in [2.24, 2.45) is 10.9 Å². The number of nitrogens with zero attached hydrogens (tertiary/aromatic N) is 4. The van der Waals surface area contributed by atoms with Crippen molar-refractivity contribution in [3.8, 4) is 0 Å². The number of rotatable bonds is 5. The molecule has 8 heteroatoms. The lowest BCUT2D eigenvalue weighted by Gasteiger charge is -2.37. The Labute approximate surface area is 167 Å². The first-order valence-electron chi connectivity index (χ1n) is 9.53. The Morgan fingerprint density at radius 2 is 2.22 bits per heavy atom. The van der Waals surface area contributed by atoms with Gasteiger partial charge in [-0.2, -0.15) is 0 Å². The van der Waals surface area contributed by atoms with Gasteiger partial charge < -0.3 is 15.0 Å². The fourth-order valence-corrected chi connectivity index (χ4v) is 4.37. The number of halogens is 1. The maximum absolute atomic E-state index is 9.71. The molecule has 2 aliphatic rings. The fraction of sp³-hybridized carbons (Fsp3) is 0.526. The van der Waals surface area contributed by atoms with Gasteiger partial charge in [-0.05, 0) is 46.3 Å². The third-order valence-electron chi connectivity index (χ3n) is 5.40. The summed E-state index contributed by atoms with van der Waals surface area (Å²) < 4.78 is 3.08. The average Bonchev–Trinajstić information content (AvgIpc) is 3.08. The van der Waals surface area contributed by atoms with Crippen LogP contribution in [-0.2, 0) is 13.1 Å². The highest BCUT2D eigenvalue weighted by molar-refractivity contribution is 9.10. The topological polar surface area (TPSA) is 87.4 Å². The SMILES string of the molecule is OC[C@H]1CCCCC1NC1Cn2c(Br)cnc2C(=NCc2cccnc2)N1. The molecule has 2 aromatic rings. The molecular weight excluding hydrogens is 408 g/mol. The van der Waals surface area contributed by atoms with Crippen LogP contribution in [0.25, 0.3) is 0 Å². The molecule has 144 valence electrons. The zero-order valence-corrected chi connectivity index (χ0v) is 16.8. The van der Waals surface area contributed by atoms with Crippen LogP contribution in [-0.4, -0.2) is 44.3 Å². The second kappa shape index (κ2) is 8.50. The van der Waals surface area contributed by atoms with Gasteiger partial charge >= 0.3 is 0 Å². The highest BCUT2D eigenvalue weighted by Crippen LogP contribution is 2.25. The number of imidazole rings is 1. The summed E-state index contributed by atoms with van der Waals surface area (Å²) in [4.78, 5) is 13.4. The second-order valence-electron chi connectivity index (χ2n) is 7.24. The van der Waals surface area contributed by atoms with Crippen LogP contribution < -0.4 is 10.6 Å². The van der Waals surface area contributed by atoms with E-state index in [0.29, 0.717) is 18.5 Å². The number of hydrogen-bond donors (Lipinski definition) is 3. The maximum Gasteiger partial charge on any atom is 0.176 e. The predicted octanol–water partition coefficient (Wildman–Crippen LogP) is 2.06. The van der Waals surface area contributed by atoms with Crippen LogP contribution in [0.3, 0.4) is 0 Å². The quantitative estimate of drug-likeness (QED) is 0.672.